The van der Waals surface area contributed by atoms with Gasteiger partial charge >= 0.3 is 5.63 Å². The molecule has 1 aromatic carbocycles. The SMILES string of the molecule is CCCc1nnc(NC(=O)COc2ccc3c4c(c(=O)oc3c2)CCC4)s1. The monoisotopic (exact) mass is 385 g/mol. The van der Waals surface area contributed by atoms with Crippen LogP contribution in [0.25, 0.3) is 11.0 Å². The van der Waals surface area contributed by atoms with E-state index in [9.17, 15) is 9.59 Å². The molecule has 1 N–H and O–H groups in total. The first-order valence-corrected chi connectivity index (χ1v) is 9.79. The summed E-state index contributed by atoms with van der Waals surface area (Å²) in [6.45, 7) is 1.90. The standard InChI is InChI=1S/C19H19N3O4S/c1-2-4-17-21-22-19(27-17)20-16(23)10-25-11-7-8-13-12-5-3-6-14(12)18(24)26-15(13)9-11/h7-9H,2-6,10H2,1H3,(H,20,22,23). The quantitative estimate of drug-likeness (QED) is 0.655. The number of hydrogen-bond donors (Lipinski definition) is 1. The average Bonchev–Trinajstić information content (AvgIpc) is 3.30. The van der Waals surface area contributed by atoms with Gasteiger partial charge in [0.05, 0.1) is 0 Å². The van der Waals surface area contributed by atoms with E-state index in [2.05, 4.69) is 22.4 Å². The average molecular weight is 385 g/mol. The van der Waals surface area contributed by atoms with E-state index in [0.29, 0.717) is 16.5 Å². The second-order valence-electron chi connectivity index (χ2n) is 6.45. The molecule has 2 heterocycles. The lowest BCUT2D eigenvalue weighted by atomic mass is 10.1. The van der Waals surface area contributed by atoms with E-state index < -0.39 is 0 Å². The lowest BCUT2D eigenvalue weighted by Gasteiger charge is -2.08. The summed E-state index contributed by atoms with van der Waals surface area (Å²) in [5.41, 5.74) is 2.08. The summed E-state index contributed by atoms with van der Waals surface area (Å²) in [5.74, 6) is 0.160. The number of hydrogen-bond acceptors (Lipinski definition) is 7. The molecule has 0 saturated carbocycles. The van der Waals surface area contributed by atoms with Crippen LogP contribution in [0.4, 0.5) is 5.13 Å². The summed E-state index contributed by atoms with van der Waals surface area (Å²) in [5, 5.41) is 12.9. The van der Waals surface area contributed by atoms with Gasteiger partial charge in [-0.3, -0.25) is 10.1 Å². The van der Waals surface area contributed by atoms with Gasteiger partial charge in [-0.25, -0.2) is 4.79 Å². The molecule has 140 valence electrons. The molecule has 27 heavy (non-hydrogen) atoms. The first-order chi connectivity index (χ1) is 13.1. The zero-order valence-corrected chi connectivity index (χ0v) is 15.7. The highest BCUT2D eigenvalue weighted by atomic mass is 32.1. The van der Waals surface area contributed by atoms with Crippen molar-refractivity contribution < 1.29 is 13.9 Å². The molecular weight excluding hydrogens is 366 g/mol. The van der Waals surface area contributed by atoms with Crippen molar-refractivity contribution in [3.8, 4) is 5.75 Å². The van der Waals surface area contributed by atoms with Crippen molar-refractivity contribution >= 4 is 33.3 Å². The van der Waals surface area contributed by atoms with Crippen LogP contribution in [0.5, 0.6) is 5.75 Å². The largest absolute Gasteiger partial charge is 0.484 e. The van der Waals surface area contributed by atoms with Crippen molar-refractivity contribution in [3.05, 3.63) is 44.8 Å². The Kier molecular flexibility index (Phi) is 4.89. The van der Waals surface area contributed by atoms with Crippen LogP contribution in [0.15, 0.2) is 27.4 Å². The number of amides is 1. The van der Waals surface area contributed by atoms with Crippen LogP contribution in [-0.4, -0.2) is 22.7 Å². The number of benzene rings is 1. The maximum atomic E-state index is 12.1. The van der Waals surface area contributed by atoms with E-state index in [-0.39, 0.29) is 18.1 Å². The molecule has 0 bridgehead atoms. The molecule has 0 atom stereocenters. The number of rotatable bonds is 6. The minimum absolute atomic E-state index is 0.163. The molecule has 8 heteroatoms. The third kappa shape index (κ3) is 3.71. The van der Waals surface area contributed by atoms with Crippen LogP contribution >= 0.6 is 11.3 Å². The van der Waals surface area contributed by atoms with Crippen molar-refractivity contribution in [1.82, 2.24) is 10.2 Å². The van der Waals surface area contributed by atoms with E-state index in [1.54, 1.807) is 12.1 Å². The third-order valence-electron chi connectivity index (χ3n) is 4.49. The molecule has 1 amide bonds. The number of aryl methyl sites for hydroxylation is 2. The van der Waals surface area contributed by atoms with Gasteiger partial charge in [-0.15, -0.1) is 10.2 Å². The highest BCUT2D eigenvalue weighted by Crippen LogP contribution is 2.29. The predicted octanol–water partition coefficient (Wildman–Crippen LogP) is 3.10. The molecule has 3 aromatic rings. The summed E-state index contributed by atoms with van der Waals surface area (Å²) in [7, 11) is 0. The summed E-state index contributed by atoms with van der Waals surface area (Å²) in [6, 6.07) is 5.34. The van der Waals surface area contributed by atoms with Crippen LogP contribution in [0.2, 0.25) is 0 Å². The van der Waals surface area contributed by atoms with Crippen molar-refractivity contribution in [2.75, 3.05) is 11.9 Å². The number of fused-ring (bicyclic) bond motifs is 3. The highest BCUT2D eigenvalue weighted by molar-refractivity contribution is 7.15. The number of carbonyl (C=O) groups excluding carboxylic acids is 1. The molecule has 1 aliphatic carbocycles. The van der Waals surface area contributed by atoms with Crippen molar-refractivity contribution in [3.63, 3.8) is 0 Å². The number of anilines is 1. The highest BCUT2D eigenvalue weighted by Gasteiger charge is 2.19. The summed E-state index contributed by atoms with van der Waals surface area (Å²) in [4.78, 5) is 24.1. The Bertz CT molecular complexity index is 1060. The maximum absolute atomic E-state index is 12.1. The fraction of sp³-hybridized carbons (Fsp3) is 0.368. The van der Waals surface area contributed by atoms with Gasteiger partial charge in [0.1, 0.15) is 16.3 Å². The Morgan fingerprint density at radius 2 is 2.15 bits per heavy atom. The minimum atomic E-state index is -0.315. The van der Waals surface area contributed by atoms with Crippen molar-refractivity contribution in [2.45, 2.75) is 39.0 Å². The molecule has 0 aliphatic heterocycles. The topological polar surface area (TPSA) is 94.3 Å². The lowest BCUT2D eigenvalue weighted by molar-refractivity contribution is -0.118. The summed E-state index contributed by atoms with van der Waals surface area (Å²) < 4.78 is 11.0. The normalized spacial score (nSPS) is 12.9. The lowest BCUT2D eigenvalue weighted by Crippen LogP contribution is -2.20. The van der Waals surface area contributed by atoms with E-state index >= 15 is 0 Å². The van der Waals surface area contributed by atoms with Gasteiger partial charge in [0.25, 0.3) is 5.91 Å². The van der Waals surface area contributed by atoms with Crippen LogP contribution < -0.4 is 15.7 Å². The molecule has 2 aromatic heterocycles. The summed E-state index contributed by atoms with van der Waals surface area (Å²) >= 11 is 1.36. The van der Waals surface area contributed by atoms with Crippen LogP contribution in [0.3, 0.4) is 0 Å². The second-order valence-corrected chi connectivity index (χ2v) is 7.51. The fourth-order valence-electron chi connectivity index (χ4n) is 3.28. The summed E-state index contributed by atoms with van der Waals surface area (Å²) in [6.07, 6.45) is 4.46. The van der Waals surface area contributed by atoms with Crippen LogP contribution in [0.1, 0.15) is 35.9 Å². The minimum Gasteiger partial charge on any atom is -0.484 e. The maximum Gasteiger partial charge on any atom is 0.339 e. The van der Waals surface area contributed by atoms with Crippen LogP contribution in [-0.2, 0) is 24.1 Å². The number of ether oxygens (including phenoxy) is 1. The third-order valence-corrected chi connectivity index (χ3v) is 5.39. The molecule has 0 unspecified atom stereocenters. The Labute approximate surface area is 159 Å². The molecule has 0 saturated heterocycles. The predicted molar refractivity (Wildman–Crippen MR) is 103 cm³/mol. The molecule has 0 radical (unpaired) electrons. The van der Waals surface area contributed by atoms with Crippen LogP contribution in [0, 0.1) is 0 Å². The first-order valence-electron chi connectivity index (χ1n) is 8.97. The molecular formula is C19H19N3O4S. The Hall–Kier alpha value is -2.74. The Morgan fingerprint density at radius 1 is 1.30 bits per heavy atom. The zero-order chi connectivity index (χ0) is 18.8. The van der Waals surface area contributed by atoms with Gasteiger partial charge in [-0.05, 0) is 43.4 Å². The van der Waals surface area contributed by atoms with Gasteiger partial charge in [0.2, 0.25) is 5.13 Å². The van der Waals surface area contributed by atoms with E-state index in [0.717, 1.165) is 53.6 Å². The van der Waals surface area contributed by atoms with Crippen molar-refractivity contribution in [1.29, 1.82) is 0 Å². The van der Waals surface area contributed by atoms with Gasteiger partial charge in [0, 0.05) is 23.4 Å². The number of carbonyl (C=O) groups is 1. The number of nitrogens with zero attached hydrogens (tertiary/aromatic N) is 2. The van der Waals surface area contributed by atoms with Gasteiger partial charge < -0.3 is 9.15 Å². The smallest absolute Gasteiger partial charge is 0.339 e. The van der Waals surface area contributed by atoms with E-state index in [4.69, 9.17) is 9.15 Å². The second kappa shape index (κ2) is 7.48. The molecule has 0 fully saturated rings. The van der Waals surface area contributed by atoms with Crippen molar-refractivity contribution in [2.24, 2.45) is 0 Å². The Morgan fingerprint density at radius 3 is 3.00 bits per heavy atom. The molecule has 4 rings (SSSR count). The Balaban J connectivity index is 1.43. The molecule has 7 nitrogen and oxygen atoms in total. The van der Waals surface area contributed by atoms with Gasteiger partial charge in [0.15, 0.2) is 6.61 Å². The van der Waals surface area contributed by atoms with Gasteiger partial charge in [-0.1, -0.05) is 18.3 Å². The van der Waals surface area contributed by atoms with E-state index in [1.807, 2.05) is 6.07 Å². The molecule has 1 aliphatic rings. The van der Waals surface area contributed by atoms with Gasteiger partial charge in [-0.2, -0.15) is 0 Å². The zero-order valence-electron chi connectivity index (χ0n) is 14.9. The number of nitrogens with one attached hydrogen (secondary N) is 1. The first kappa shape index (κ1) is 17.7. The fourth-order valence-corrected chi connectivity index (χ4v) is 4.13. The number of aromatic nitrogens is 2. The molecule has 0 spiro atoms. The van der Waals surface area contributed by atoms with E-state index in [1.165, 1.54) is 11.3 Å².